The highest BCUT2D eigenvalue weighted by Crippen LogP contribution is 2.15. The van der Waals surface area contributed by atoms with Crippen molar-refractivity contribution in [2.45, 2.75) is 0 Å². The molecule has 0 bridgehead atoms. The smallest absolute Gasteiger partial charge is 0.257 e. The molecule has 0 atom stereocenters. The second-order valence-electron chi connectivity index (χ2n) is 7.39. The van der Waals surface area contributed by atoms with E-state index in [1.54, 1.807) is 36.8 Å². The summed E-state index contributed by atoms with van der Waals surface area (Å²) in [4.78, 5) is 35.8. The van der Waals surface area contributed by atoms with Gasteiger partial charge in [-0.05, 0) is 43.4 Å². The third-order valence-corrected chi connectivity index (χ3v) is 5.28. The Hall–Kier alpha value is -3.65. The van der Waals surface area contributed by atoms with Gasteiger partial charge in [-0.25, -0.2) is 0 Å². The minimum Gasteiger partial charge on any atom is -0.397 e. The molecule has 1 aromatic carbocycles. The van der Waals surface area contributed by atoms with E-state index in [0.29, 0.717) is 22.3 Å². The maximum absolute atomic E-state index is 12.6. The number of H-pyrrole nitrogens is 1. The van der Waals surface area contributed by atoms with Gasteiger partial charge in [-0.2, -0.15) is 0 Å². The van der Waals surface area contributed by atoms with E-state index in [1.165, 1.54) is 0 Å². The first-order valence-corrected chi connectivity index (χ1v) is 9.79. The normalized spacial score (nSPS) is 15.4. The maximum atomic E-state index is 12.6. The molecular formula is C22H24N6O2. The lowest BCUT2D eigenvalue weighted by molar-refractivity contribution is 0.0664. The standard InChI is InChI=1S/C22H24N6O2/c1-27-8-10-28(11-9-27)22(30)15-2-4-17(5-3-15)25-13-19(23)18-12-16-6-7-24-14-20(16)26-21(18)29/h2-7,12-14,25H,8-11,23H2,1H3,(H,26,29)/b19-13-. The van der Waals surface area contributed by atoms with Gasteiger partial charge in [0, 0.05) is 55.2 Å². The lowest BCUT2D eigenvalue weighted by atomic mass is 10.1. The molecule has 1 saturated heterocycles. The molecule has 0 unspecified atom stereocenters. The van der Waals surface area contributed by atoms with Crippen LogP contribution in [0.2, 0.25) is 0 Å². The summed E-state index contributed by atoms with van der Waals surface area (Å²) in [5, 5.41) is 3.94. The molecule has 4 rings (SSSR count). The van der Waals surface area contributed by atoms with Gasteiger partial charge in [0.05, 0.1) is 23.0 Å². The summed E-state index contributed by atoms with van der Waals surface area (Å²) in [6.45, 7) is 3.26. The van der Waals surface area contributed by atoms with E-state index in [2.05, 4.69) is 27.2 Å². The van der Waals surface area contributed by atoms with Gasteiger partial charge in [0.25, 0.3) is 11.5 Å². The lowest BCUT2D eigenvalue weighted by Crippen LogP contribution is -2.47. The third-order valence-electron chi connectivity index (χ3n) is 5.28. The number of hydrogen-bond donors (Lipinski definition) is 3. The first kappa shape index (κ1) is 19.7. The molecule has 0 aliphatic carbocycles. The van der Waals surface area contributed by atoms with Gasteiger partial charge >= 0.3 is 0 Å². The highest BCUT2D eigenvalue weighted by molar-refractivity contribution is 5.94. The molecule has 0 radical (unpaired) electrons. The molecule has 0 spiro atoms. The molecule has 4 N–H and O–H groups in total. The molecule has 3 heterocycles. The van der Waals surface area contributed by atoms with Crippen LogP contribution in [-0.4, -0.2) is 58.9 Å². The number of rotatable bonds is 4. The topological polar surface area (TPSA) is 107 Å². The third kappa shape index (κ3) is 4.18. The molecule has 1 aliphatic rings. The van der Waals surface area contributed by atoms with Crippen molar-refractivity contribution in [3.63, 3.8) is 0 Å². The number of nitrogens with two attached hydrogens (primary N) is 1. The van der Waals surface area contributed by atoms with E-state index in [9.17, 15) is 9.59 Å². The van der Waals surface area contributed by atoms with Gasteiger partial charge in [-0.15, -0.1) is 0 Å². The largest absolute Gasteiger partial charge is 0.397 e. The van der Waals surface area contributed by atoms with Gasteiger partial charge in [-0.1, -0.05) is 0 Å². The number of benzene rings is 1. The Morgan fingerprint density at radius 1 is 1.17 bits per heavy atom. The second kappa shape index (κ2) is 8.38. The summed E-state index contributed by atoms with van der Waals surface area (Å²) >= 11 is 0. The number of hydrogen-bond acceptors (Lipinski definition) is 6. The predicted molar refractivity (Wildman–Crippen MR) is 118 cm³/mol. The van der Waals surface area contributed by atoms with Crippen molar-refractivity contribution in [2.24, 2.45) is 5.73 Å². The van der Waals surface area contributed by atoms with Crippen LogP contribution < -0.4 is 16.6 Å². The van der Waals surface area contributed by atoms with Crippen LogP contribution in [0.15, 0.2) is 59.8 Å². The van der Waals surface area contributed by atoms with E-state index >= 15 is 0 Å². The Morgan fingerprint density at radius 3 is 2.63 bits per heavy atom. The molecule has 1 fully saturated rings. The van der Waals surface area contributed by atoms with Crippen molar-refractivity contribution in [1.29, 1.82) is 0 Å². The van der Waals surface area contributed by atoms with Crippen molar-refractivity contribution >= 4 is 28.2 Å². The van der Waals surface area contributed by atoms with Crippen molar-refractivity contribution in [1.82, 2.24) is 19.8 Å². The minimum absolute atomic E-state index is 0.0434. The molecule has 154 valence electrons. The number of pyridine rings is 2. The molecule has 8 nitrogen and oxygen atoms in total. The summed E-state index contributed by atoms with van der Waals surface area (Å²) in [5.41, 5.74) is 8.62. The number of fused-ring (bicyclic) bond motifs is 1. The summed E-state index contributed by atoms with van der Waals surface area (Å²) in [6, 6.07) is 10.8. The highest BCUT2D eigenvalue weighted by Gasteiger charge is 2.20. The molecule has 1 amide bonds. The van der Waals surface area contributed by atoms with Gasteiger partial charge in [0.2, 0.25) is 0 Å². The minimum atomic E-state index is -0.279. The van der Waals surface area contributed by atoms with Gasteiger partial charge < -0.3 is 25.8 Å². The van der Waals surface area contributed by atoms with Crippen molar-refractivity contribution < 1.29 is 4.79 Å². The van der Waals surface area contributed by atoms with Crippen molar-refractivity contribution in [2.75, 3.05) is 38.5 Å². The van der Waals surface area contributed by atoms with E-state index in [1.807, 2.05) is 23.1 Å². The zero-order valence-corrected chi connectivity index (χ0v) is 16.8. The SMILES string of the molecule is CN1CCN(C(=O)c2ccc(N/C=C(\N)c3cc4ccncc4[nH]c3=O)cc2)CC1. The first-order valence-electron chi connectivity index (χ1n) is 9.79. The average Bonchev–Trinajstić information content (AvgIpc) is 2.77. The predicted octanol–water partition coefficient (Wildman–Crippen LogP) is 1.68. The van der Waals surface area contributed by atoms with Gasteiger partial charge in [-0.3, -0.25) is 14.6 Å². The highest BCUT2D eigenvalue weighted by atomic mass is 16.2. The van der Waals surface area contributed by atoms with Gasteiger partial charge in [0.1, 0.15) is 0 Å². The van der Waals surface area contributed by atoms with Crippen molar-refractivity contribution in [3.8, 4) is 0 Å². The van der Waals surface area contributed by atoms with Crippen LogP contribution in [0, 0.1) is 0 Å². The zero-order chi connectivity index (χ0) is 21.1. The number of nitrogens with zero attached hydrogens (tertiary/aromatic N) is 3. The number of likely N-dealkylation sites (N-methyl/N-ethyl adjacent to an activating group) is 1. The number of aromatic nitrogens is 2. The Labute approximate surface area is 174 Å². The lowest BCUT2D eigenvalue weighted by Gasteiger charge is -2.32. The number of nitrogens with one attached hydrogen (secondary N) is 2. The Kier molecular flexibility index (Phi) is 5.49. The van der Waals surface area contributed by atoms with E-state index < -0.39 is 0 Å². The number of carbonyl (C=O) groups is 1. The molecule has 1 aliphatic heterocycles. The van der Waals surface area contributed by atoms with Crippen LogP contribution in [0.4, 0.5) is 5.69 Å². The number of amides is 1. The fraction of sp³-hybridized carbons (Fsp3) is 0.227. The van der Waals surface area contributed by atoms with Crippen LogP contribution in [0.25, 0.3) is 16.6 Å². The zero-order valence-electron chi connectivity index (χ0n) is 16.8. The van der Waals surface area contributed by atoms with Gasteiger partial charge in [0.15, 0.2) is 0 Å². The van der Waals surface area contributed by atoms with Crippen LogP contribution in [0.5, 0.6) is 0 Å². The number of carbonyl (C=O) groups excluding carboxylic acids is 1. The number of aromatic amines is 1. The molecule has 2 aromatic heterocycles. The summed E-state index contributed by atoms with van der Waals surface area (Å²) in [5.74, 6) is 0.0434. The average molecular weight is 404 g/mol. The van der Waals surface area contributed by atoms with E-state index in [-0.39, 0.29) is 11.5 Å². The summed E-state index contributed by atoms with van der Waals surface area (Å²) < 4.78 is 0. The van der Waals surface area contributed by atoms with Crippen LogP contribution in [-0.2, 0) is 0 Å². The van der Waals surface area contributed by atoms with Crippen LogP contribution >= 0.6 is 0 Å². The number of piperazine rings is 1. The van der Waals surface area contributed by atoms with E-state index in [4.69, 9.17) is 5.73 Å². The van der Waals surface area contributed by atoms with E-state index in [0.717, 1.165) is 37.3 Å². The molecule has 3 aromatic rings. The fourth-order valence-electron chi connectivity index (χ4n) is 3.40. The molecule has 30 heavy (non-hydrogen) atoms. The Balaban J connectivity index is 1.46. The van der Waals surface area contributed by atoms with Crippen LogP contribution in [0.3, 0.4) is 0 Å². The first-order chi connectivity index (χ1) is 14.5. The monoisotopic (exact) mass is 404 g/mol. The molecule has 8 heteroatoms. The van der Waals surface area contributed by atoms with Crippen molar-refractivity contribution in [3.05, 3.63) is 76.5 Å². The fourth-order valence-corrected chi connectivity index (χ4v) is 3.40. The Morgan fingerprint density at radius 2 is 1.90 bits per heavy atom. The number of anilines is 1. The quantitative estimate of drug-likeness (QED) is 0.611. The maximum Gasteiger partial charge on any atom is 0.257 e. The summed E-state index contributed by atoms with van der Waals surface area (Å²) in [7, 11) is 2.06. The summed E-state index contributed by atoms with van der Waals surface area (Å²) in [6.07, 6.45) is 4.84. The second-order valence-corrected chi connectivity index (χ2v) is 7.39. The molecular weight excluding hydrogens is 380 g/mol. The van der Waals surface area contributed by atoms with Crippen LogP contribution in [0.1, 0.15) is 15.9 Å². The molecule has 0 saturated carbocycles. The Bertz CT molecular complexity index is 1140.